The van der Waals surface area contributed by atoms with Gasteiger partial charge in [0.05, 0.1) is 6.61 Å². The van der Waals surface area contributed by atoms with Crippen LogP contribution in [0, 0.1) is 0 Å². The van der Waals surface area contributed by atoms with Crippen molar-refractivity contribution in [1.82, 2.24) is 10.2 Å². The molecule has 1 atom stereocenters. The van der Waals surface area contributed by atoms with Crippen molar-refractivity contribution in [3.05, 3.63) is 0 Å². The molecular formula is C9H20N2O. The molecule has 1 N–H and O–H groups in total. The van der Waals surface area contributed by atoms with Crippen molar-refractivity contribution >= 4 is 0 Å². The summed E-state index contributed by atoms with van der Waals surface area (Å²) in [5.41, 5.74) is 0. The van der Waals surface area contributed by atoms with Crippen LogP contribution in [0.1, 0.15) is 12.8 Å². The molecule has 0 aromatic rings. The van der Waals surface area contributed by atoms with Gasteiger partial charge in [-0.25, -0.2) is 0 Å². The molecule has 1 aliphatic heterocycles. The highest BCUT2D eigenvalue weighted by atomic mass is 16.5. The lowest BCUT2D eigenvalue weighted by atomic mass is 10.2. The smallest absolute Gasteiger partial charge is 0.0618 e. The van der Waals surface area contributed by atoms with Gasteiger partial charge in [0.2, 0.25) is 0 Å². The van der Waals surface area contributed by atoms with E-state index < -0.39 is 0 Å². The van der Waals surface area contributed by atoms with E-state index in [2.05, 4.69) is 10.2 Å². The molecular weight excluding hydrogens is 152 g/mol. The number of nitrogens with zero attached hydrogens (tertiary/aromatic N) is 1. The molecule has 3 heteroatoms. The lowest BCUT2D eigenvalue weighted by Crippen LogP contribution is -2.37. The summed E-state index contributed by atoms with van der Waals surface area (Å²) in [4.78, 5) is 2.51. The fraction of sp³-hybridized carbons (Fsp3) is 1.00. The molecule has 0 bridgehead atoms. The number of methoxy groups -OCH3 is 1. The van der Waals surface area contributed by atoms with E-state index in [0.29, 0.717) is 6.04 Å². The number of likely N-dealkylation sites (tertiary alicyclic amines) is 1. The van der Waals surface area contributed by atoms with Gasteiger partial charge in [0.1, 0.15) is 0 Å². The minimum absolute atomic E-state index is 0.670. The van der Waals surface area contributed by atoms with Gasteiger partial charge in [0.25, 0.3) is 0 Å². The van der Waals surface area contributed by atoms with Crippen LogP contribution in [0.3, 0.4) is 0 Å². The fourth-order valence-corrected chi connectivity index (χ4v) is 1.83. The van der Waals surface area contributed by atoms with Gasteiger partial charge in [0.15, 0.2) is 0 Å². The van der Waals surface area contributed by atoms with Crippen LogP contribution >= 0.6 is 0 Å². The maximum absolute atomic E-state index is 5.17. The van der Waals surface area contributed by atoms with E-state index in [-0.39, 0.29) is 0 Å². The Balaban J connectivity index is 2.20. The van der Waals surface area contributed by atoms with Crippen molar-refractivity contribution in [1.29, 1.82) is 0 Å². The van der Waals surface area contributed by atoms with Gasteiger partial charge in [0, 0.05) is 26.2 Å². The Labute approximate surface area is 75.1 Å². The molecule has 1 rings (SSSR count). The van der Waals surface area contributed by atoms with Gasteiger partial charge in [-0.3, -0.25) is 4.90 Å². The third-order valence-corrected chi connectivity index (χ3v) is 2.51. The minimum Gasteiger partial charge on any atom is -0.383 e. The molecule has 1 aliphatic rings. The highest BCUT2D eigenvalue weighted by molar-refractivity contribution is 4.78. The second-order valence-corrected chi connectivity index (χ2v) is 3.39. The Bertz CT molecular complexity index is 119. The molecule has 1 heterocycles. The fourth-order valence-electron chi connectivity index (χ4n) is 1.83. The van der Waals surface area contributed by atoms with Crippen molar-refractivity contribution < 1.29 is 4.74 Å². The quantitative estimate of drug-likeness (QED) is 0.646. The molecule has 0 aliphatic carbocycles. The van der Waals surface area contributed by atoms with E-state index in [1.807, 2.05) is 7.05 Å². The SMILES string of the molecule is CNCCN1CCC[C@H]1COC. The van der Waals surface area contributed by atoms with Crippen LogP contribution < -0.4 is 5.32 Å². The Morgan fingerprint density at radius 1 is 1.58 bits per heavy atom. The van der Waals surface area contributed by atoms with Crippen LogP contribution in [0.5, 0.6) is 0 Å². The van der Waals surface area contributed by atoms with Gasteiger partial charge in [-0.15, -0.1) is 0 Å². The molecule has 0 unspecified atom stereocenters. The van der Waals surface area contributed by atoms with Crippen LogP contribution in [0.2, 0.25) is 0 Å². The van der Waals surface area contributed by atoms with Gasteiger partial charge in [-0.05, 0) is 26.4 Å². The topological polar surface area (TPSA) is 24.5 Å². The Hall–Kier alpha value is -0.120. The predicted octanol–water partition coefficient (Wildman–Crippen LogP) is 0.317. The van der Waals surface area contributed by atoms with Crippen LogP contribution in [0.4, 0.5) is 0 Å². The molecule has 0 aromatic carbocycles. The van der Waals surface area contributed by atoms with Crippen LogP contribution in [0.15, 0.2) is 0 Å². The average Bonchev–Trinajstić information content (AvgIpc) is 2.50. The lowest BCUT2D eigenvalue weighted by molar-refractivity contribution is 0.116. The third-order valence-electron chi connectivity index (χ3n) is 2.51. The summed E-state index contributed by atoms with van der Waals surface area (Å²) in [5.74, 6) is 0. The first-order chi connectivity index (χ1) is 5.88. The summed E-state index contributed by atoms with van der Waals surface area (Å²) >= 11 is 0. The highest BCUT2D eigenvalue weighted by Gasteiger charge is 2.23. The van der Waals surface area contributed by atoms with Crippen LogP contribution in [-0.2, 0) is 4.74 Å². The molecule has 0 aromatic heterocycles. The molecule has 12 heavy (non-hydrogen) atoms. The van der Waals surface area contributed by atoms with E-state index in [4.69, 9.17) is 4.74 Å². The van der Waals surface area contributed by atoms with Gasteiger partial charge < -0.3 is 10.1 Å². The van der Waals surface area contributed by atoms with Gasteiger partial charge >= 0.3 is 0 Å². The molecule has 1 fully saturated rings. The van der Waals surface area contributed by atoms with E-state index in [9.17, 15) is 0 Å². The Morgan fingerprint density at radius 2 is 2.42 bits per heavy atom. The maximum atomic E-state index is 5.17. The van der Waals surface area contributed by atoms with Crippen LogP contribution in [0.25, 0.3) is 0 Å². The second kappa shape index (κ2) is 5.51. The predicted molar refractivity (Wildman–Crippen MR) is 50.4 cm³/mol. The van der Waals surface area contributed by atoms with E-state index in [1.165, 1.54) is 19.4 Å². The zero-order valence-electron chi connectivity index (χ0n) is 8.18. The first-order valence-electron chi connectivity index (χ1n) is 4.76. The summed E-state index contributed by atoms with van der Waals surface area (Å²) in [7, 11) is 3.79. The number of hydrogen-bond donors (Lipinski definition) is 1. The summed E-state index contributed by atoms with van der Waals surface area (Å²) in [6.45, 7) is 4.38. The summed E-state index contributed by atoms with van der Waals surface area (Å²) < 4.78 is 5.17. The number of likely N-dealkylation sites (N-methyl/N-ethyl adjacent to an activating group) is 1. The van der Waals surface area contributed by atoms with E-state index >= 15 is 0 Å². The van der Waals surface area contributed by atoms with Gasteiger partial charge in [-0.1, -0.05) is 0 Å². The largest absolute Gasteiger partial charge is 0.383 e. The molecule has 0 spiro atoms. The minimum atomic E-state index is 0.670. The summed E-state index contributed by atoms with van der Waals surface area (Å²) in [6, 6.07) is 0.670. The summed E-state index contributed by atoms with van der Waals surface area (Å²) in [5, 5.41) is 3.17. The zero-order chi connectivity index (χ0) is 8.81. The van der Waals surface area contributed by atoms with E-state index in [1.54, 1.807) is 7.11 Å². The molecule has 1 saturated heterocycles. The number of rotatable bonds is 5. The van der Waals surface area contributed by atoms with Crippen molar-refractivity contribution in [2.24, 2.45) is 0 Å². The third kappa shape index (κ3) is 2.73. The maximum Gasteiger partial charge on any atom is 0.0618 e. The molecule has 0 saturated carbocycles. The Morgan fingerprint density at radius 3 is 3.08 bits per heavy atom. The normalized spacial score (nSPS) is 25.0. The number of nitrogens with one attached hydrogen (secondary N) is 1. The van der Waals surface area contributed by atoms with Crippen molar-refractivity contribution in [3.63, 3.8) is 0 Å². The second-order valence-electron chi connectivity index (χ2n) is 3.39. The molecule has 0 amide bonds. The van der Waals surface area contributed by atoms with Crippen molar-refractivity contribution in [2.75, 3.05) is 40.4 Å². The molecule has 0 radical (unpaired) electrons. The standard InChI is InChI=1S/C9H20N2O/c1-10-5-7-11-6-3-4-9(11)8-12-2/h9-10H,3-8H2,1-2H3/t9-/m0/s1. The first-order valence-corrected chi connectivity index (χ1v) is 4.76. The van der Waals surface area contributed by atoms with Crippen molar-refractivity contribution in [2.45, 2.75) is 18.9 Å². The van der Waals surface area contributed by atoms with E-state index in [0.717, 1.165) is 19.7 Å². The lowest BCUT2D eigenvalue weighted by Gasteiger charge is -2.23. The number of ether oxygens (including phenoxy) is 1. The van der Waals surface area contributed by atoms with Crippen molar-refractivity contribution in [3.8, 4) is 0 Å². The highest BCUT2D eigenvalue weighted by Crippen LogP contribution is 2.16. The monoisotopic (exact) mass is 172 g/mol. The summed E-state index contributed by atoms with van der Waals surface area (Å²) in [6.07, 6.45) is 2.63. The Kier molecular flexibility index (Phi) is 4.58. The van der Waals surface area contributed by atoms with Crippen LogP contribution in [-0.4, -0.2) is 51.3 Å². The first kappa shape index (κ1) is 9.96. The molecule has 3 nitrogen and oxygen atoms in total. The number of hydrogen-bond acceptors (Lipinski definition) is 3. The molecule has 72 valence electrons. The zero-order valence-corrected chi connectivity index (χ0v) is 8.18. The van der Waals surface area contributed by atoms with Gasteiger partial charge in [-0.2, -0.15) is 0 Å². The average molecular weight is 172 g/mol.